The van der Waals surface area contributed by atoms with Crippen LogP contribution in [0, 0.1) is 0 Å². The lowest BCUT2D eigenvalue weighted by Crippen LogP contribution is -2.12. The van der Waals surface area contributed by atoms with E-state index in [9.17, 15) is 9.59 Å². The zero-order valence-electron chi connectivity index (χ0n) is 17.3. The largest absolute Gasteiger partial charge is 0.493 e. The molecule has 0 spiro atoms. The van der Waals surface area contributed by atoms with E-state index in [0.717, 1.165) is 12.0 Å². The van der Waals surface area contributed by atoms with Crippen LogP contribution in [0.3, 0.4) is 0 Å². The quantitative estimate of drug-likeness (QED) is 0.466. The zero-order valence-corrected chi connectivity index (χ0v) is 18.9. The highest BCUT2D eigenvalue weighted by molar-refractivity contribution is 7.14. The number of amides is 2. The molecule has 9 heteroatoms. The van der Waals surface area contributed by atoms with E-state index in [2.05, 4.69) is 15.6 Å². The summed E-state index contributed by atoms with van der Waals surface area (Å²) in [5, 5.41) is 8.10. The first-order valence-electron chi connectivity index (χ1n) is 9.56. The molecular formula is C22H22ClN3O4S. The summed E-state index contributed by atoms with van der Waals surface area (Å²) in [4.78, 5) is 28.3. The number of anilines is 2. The zero-order chi connectivity index (χ0) is 22.4. The van der Waals surface area contributed by atoms with Crippen LogP contribution in [-0.2, 0) is 4.79 Å². The molecule has 0 saturated carbocycles. The molecule has 3 rings (SSSR count). The molecular weight excluding hydrogens is 438 g/mol. The number of carbonyl (C=O) groups is 2. The Morgan fingerprint density at radius 3 is 2.55 bits per heavy atom. The monoisotopic (exact) mass is 459 g/mol. The predicted octanol–water partition coefficient (Wildman–Crippen LogP) is 5.47. The van der Waals surface area contributed by atoms with Crippen molar-refractivity contribution in [3.05, 3.63) is 52.4 Å². The van der Waals surface area contributed by atoms with Crippen molar-refractivity contribution in [2.24, 2.45) is 0 Å². The van der Waals surface area contributed by atoms with Crippen molar-refractivity contribution < 1.29 is 19.1 Å². The van der Waals surface area contributed by atoms with E-state index >= 15 is 0 Å². The predicted molar refractivity (Wildman–Crippen MR) is 124 cm³/mol. The van der Waals surface area contributed by atoms with Gasteiger partial charge in [-0.15, -0.1) is 11.3 Å². The van der Waals surface area contributed by atoms with Crippen molar-refractivity contribution in [2.45, 2.75) is 20.3 Å². The molecule has 0 bridgehead atoms. The Morgan fingerprint density at radius 2 is 1.90 bits per heavy atom. The lowest BCUT2D eigenvalue weighted by molar-refractivity contribution is -0.114. The second-order valence-corrected chi connectivity index (χ2v) is 7.85. The van der Waals surface area contributed by atoms with Gasteiger partial charge in [-0.05, 0) is 30.7 Å². The molecule has 0 saturated heterocycles. The molecule has 0 unspecified atom stereocenters. The Labute approximate surface area is 189 Å². The summed E-state index contributed by atoms with van der Waals surface area (Å²) < 4.78 is 11.0. The average Bonchev–Trinajstić information content (AvgIpc) is 3.20. The number of aromatic nitrogens is 1. The van der Waals surface area contributed by atoms with Gasteiger partial charge in [-0.1, -0.05) is 30.7 Å². The first-order valence-corrected chi connectivity index (χ1v) is 10.8. The first-order chi connectivity index (χ1) is 14.9. The van der Waals surface area contributed by atoms with Crippen LogP contribution < -0.4 is 20.1 Å². The maximum absolute atomic E-state index is 12.7. The van der Waals surface area contributed by atoms with E-state index in [-0.39, 0.29) is 11.8 Å². The van der Waals surface area contributed by atoms with Crippen LogP contribution >= 0.6 is 22.9 Å². The van der Waals surface area contributed by atoms with Gasteiger partial charge >= 0.3 is 0 Å². The summed E-state index contributed by atoms with van der Waals surface area (Å²) in [6.07, 6.45) is 0.823. The van der Waals surface area contributed by atoms with E-state index in [1.165, 1.54) is 25.4 Å². The van der Waals surface area contributed by atoms with E-state index in [0.29, 0.717) is 45.2 Å². The minimum Gasteiger partial charge on any atom is -0.493 e. The Kier molecular flexibility index (Phi) is 7.49. The van der Waals surface area contributed by atoms with Crippen LogP contribution in [0.4, 0.5) is 10.8 Å². The number of hydrogen-bond acceptors (Lipinski definition) is 6. The molecule has 0 atom stereocenters. The summed E-state index contributed by atoms with van der Waals surface area (Å²) in [6, 6.07) is 10.4. The molecule has 0 aliphatic carbocycles. The summed E-state index contributed by atoms with van der Waals surface area (Å²) in [5.41, 5.74) is 2.63. The topological polar surface area (TPSA) is 89.5 Å². The molecule has 0 aliphatic rings. The van der Waals surface area contributed by atoms with E-state index in [1.807, 2.05) is 24.4 Å². The van der Waals surface area contributed by atoms with Gasteiger partial charge in [0.05, 0.1) is 24.4 Å². The van der Waals surface area contributed by atoms with Crippen LogP contribution in [0.25, 0.3) is 11.3 Å². The highest BCUT2D eigenvalue weighted by atomic mass is 35.5. The van der Waals surface area contributed by atoms with Crippen LogP contribution in [0.1, 0.15) is 30.6 Å². The number of methoxy groups -OCH3 is 1. The van der Waals surface area contributed by atoms with Gasteiger partial charge in [-0.2, -0.15) is 0 Å². The second-order valence-electron chi connectivity index (χ2n) is 6.59. The lowest BCUT2D eigenvalue weighted by atomic mass is 10.1. The van der Waals surface area contributed by atoms with Crippen molar-refractivity contribution in [3.8, 4) is 22.8 Å². The fourth-order valence-electron chi connectivity index (χ4n) is 2.76. The Hall–Kier alpha value is -3.10. The first kappa shape index (κ1) is 22.6. The van der Waals surface area contributed by atoms with Crippen molar-refractivity contribution in [1.29, 1.82) is 0 Å². The molecule has 0 fully saturated rings. The molecule has 0 radical (unpaired) electrons. The molecule has 1 heterocycles. The maximum atomic E-state index is 12.7. The fourth-order valence-corrected chi connectivity index (χ4v) is 3.74. The molecule has 7 nitrogen and oxygen atoms in total. The number of halogens is 1. The lowest BCUT2D eigenvalue weighted by Gasteiger charge is -2.13. The van der Waals surface area contributed by atoms with Gasteiger partial charge < -0.3 is 14.8 Å². The van der Waals surface area contributed by atoms with Crippen LogP contribution in [0.5, 0.6) is 11.5 Å². The highest BCUT2D eigenvalue weighted by Gasteiger charge is 2.17. The molecule has 0 aliphatic heterocycles. The summed E-state index contributed by atoms with van der Waals surface area (Å²) in [5.74, 6) is 0.323. The Bertz CT molecular complexity index is 1080. The van der Waals surface area contributed by atoms with Gasteiger partial charge in [0.2, 0.25) is 5.91 Å². The Balaban J connectivity index is 1.74. The molecule has 1 aromatic heterocycles. The third kappa shape index (κ3) is 5.74. The second kappa shape index (κ2) is 10.3. The number of ether oxygens (including phenoxy) is 2. The van der Waals surface area contributed by atoms with Gasteiger partial charge in [0.15, 0.2) is 16.6 Å². The van der Waals surface area contributed by atoms with Gasteiger partial charge in [-0.25, -0.2) is 4.98 Å². The third-order valence-electron chi connectivity index (χ3n) is 4.17. The van der Waals surface area contributed by atoms with Crippen molar-refractivity contribution >= 4 is 45.6 Å². The molecule has 2 N–H and O–H groups in total. The number of benzene rings is 2. The van der Waals surface area contributed by atoms with Crippen molar-refractivity contribution in [3.63, 3.8) is 0 Å². The number of carbonyl (C=O) groups excluding carboxylic acids is 2. The van der Waals surface area contributed by atoms with E-state index in [4.69, 9.17) is 21.1 Å². The van der Waals surface area contributed by atoms with Gasteiger partial charge in [0.1, 0.15) is 0 Å². The number of rotatable bonds is 8. The number of thiazole rings is 1. The minimum atomic E-state index is -0.357. The minimum absolute atomic E-state index is 0.131. The van der Waals surface area contributed by atoms with Gasteiger partial charge in [0.25, 0.3) is 5.91 Å². The molecule has 3 aromatic rings. The van der Waals surface area contributed by atoms with Gasteiger partial charge in [0, 0.05) is 29.1 Å². The molecule has 2 aromatic carbocycles. The van der Waals surface area contributed by atoms with E-state index in [1.54, 1.807) is 24.3 Å². The number of nitrogens with one attached hydrogen (secondary N) is 2. The average molecular weight is 460 g/mol. The fraction of sp³-hybridized carbons (Fsp3) is 0.227. The summed E-state index contributed by atoms with van der Waals surface area (Å²) in [6.45, 7) is 3.94. The Morgan fingerprint density at radius 1 is 1.16 bits per heavy atom. The molecule has 2 amide bonds. The number of nitrogens with zero attached hydrogens (tertiary/aromatic N) is 1. The summed E-state index contributed by atoms with van der Waals surface area (Å²) in [7, 11) is 1.50. The molecule has 162 valence electrons. The maximum Gasteiger partial charge on any atom is 0.257 e. The van der Waals surface area contributed by atoms with Crippen molar-refractivity contribution in [1.82, 2.24) is 4.98 Å². The van der Waals surface area contributed by atoms with Crippen LogP contribution in [0.15, 0.2) is 41.8 Å². The smallest absolute Gasteiger partial charge is 0.257 e. The van der Waals surface area contributed by atoms with Crippen LogP contribution in [0.2, 0.25) is 5.02 Å². The summed E-state index contributed by atoms with van der Waals surface area (Å²) >= 11 is 7.61. The highest BCUT2D eigenvalue weighted by Crippen LogP contribution is 2.37. The number of hydrogen-bond donors (Lipinski definition) is 2. The van der Waals surface area contributed by atoms with Crippen LogP contribution in [-0.4, -0.2) is 30.5 Å². The van der Waals surface area contributed by atoms with E-state index < -0.39 is 0 Å². The standard InChI is InChI=1S/C22H22ClN3O4S/c1-4-9-30-20-17(23)10-15(11-19(20)29-3)21(28)26-22-25-18(12-31-22)14-5-7-16(8-6-14)24-13(2)27/h5-8,10-12H,4,9H2,1-3H3,(H,24,27)(H,25,26,28). The normalized spacial score (nSPS) is 10.5. The molecule has 31 heavy (non-hydrogen) atoms. The SMILES string of the molecule is CCCOc1c(Cl)cc(C(=O)Nc2nc(-c3ccc(NC(C)=O)cc3)cs2)cc1OC. The van der Waals surface area contributed by atoms with Crippen molar-refractivity contribution in [2.75, 3.05) is 24.4 Å². The van der Waals surface area contributed by atoms with Gasteiger partial charge in [-0.3, -0.25) is 14.9 Å². The third-order valence-corrected chi connectivity index (χ3v) is 5.21.